The van der Waals surface area contributed by atoms with Gasteiger partial charge < -0.3 is 10.4 Å². The largest absolute Gasteiger partial charge is 0.392 e. The topological polar surface area (TPSA) is 49.3 Å². The molecular formula is C7H14BrNO2. The fraction of sp³-hybridized carbons (Fsp3) is 0.857. The Hall–Kier alpha value is -0.0900. The van der Waals surface area contributed by atoms with E-state index in [0.717, 1.165) is 6.42 Å². The van der Waals surface area contributed by atoms with Crippen molar-refractivity contribution in [1.82, 2.24) is 5.32 Å². The normalized spacial score (nSPS) is 15.6. The molecule has 0 aromatic carbocycles. The Morgan fingerprint density at radius 1 is 1.73 bits per heavy atom. The number of aliphatic hydroxyl groups is 1. The molecule has 66 valence electrons. The van der Waals surface area contributed by atoms with Crippen molar-refractivity contribution in [3.8, 4) is 0 Å². The second kappa shape index (κ2) is 5.55. The Balaban J connectivity index is 3.52. The second-order valence-corrected chi connectivity index (χ2v) is 3.58. The van der Waals surface area contributed by atoms with E-state index in [-0.39, 0.29) is 10.7 Å². The zero-order valence-electron chi connectivity index (χ0n) is 6.80. The van der Waals surface area contributed by atoms with Crippen LogP contribution in [0, 0.1) is 0 Å². The Morgan fingerprint density at radius 2 is 2.27 bits per heavy atom. The van der Waals surface area contributed by atoms with E-state index in [1.807, 2.05) is 6.92 Å². The third-order valence-corrected chi connectivity index (χ3v) is 2.28. The van der Waals surface area contributed by atoms with Gasteiger partial charge in [-0.05, 0) is 13.3 Å². The molecule has 2 unspecified atom stereocenters. The highest BCUT2D eigenvalue weighted by Crippen LogP contribution is 2.03. The van der Waals surface area contributed by atoms with Crippen molar-refractivity contribution in [2.45, 2.75) is 31.2 Å². The predicted octanol–water partition coefficient (Wildman–Crippen LogP) is 0.657. The Labute approximate surface area is 75.3 Å². The highest BCUT2D eigenvalue weighted by molar-refractivity contribution is 9.10. The van der Waals surface area contributed by atoms with Gasteiger partial charge in [-0.2, -0.15) is 0 Å². The number of halogens is 1. The first-order chi connectivity index (χ1) is 5.07. The van der Waals surface area contributed by atoms with Crippen LogP contribution in [0.25, 0.3) is 0 Å². The summed E-state index contributed by atoms with van der Waals surface area (Å²) in [7, 11) is 0. The summed E-state index contributed by atoms with van der Waals surface area (Å²) in [6, 6.07) is 0. The Morgan fingerprint density at radius 3 is 2.64 bits per heavy atom. The number of carbonyl (C=O) groups is 1. The molecule has 0 aliphatic carbocycles. The first kappa shape index (κ1) is 10.9. The lowest BCUT2D eigenvalue weighted by atomic mass is 10.3. The van der Waals surface area contributed by atoms with E-state index in [9.17, 15) is 4.79 Å². The summed E-state index contributed by atoms with van der Waals surface area (Å²) in [6.07, 6.45) is 0.279. The molecule has 0 radical (unpaired) electrons. The van der Waals surface area contributed by atoms with E-state index < -0.39 is 6.10 Å². The fourth-order valence-electron chi connectivity index (χ4n) is 0.544. The standard InChI is InChI=1S/C7H14BrNO2/c1-3-6(8)7(11)9-4-5(2)10/h5-6,10H,3-4H2,1-2H3,(H,9,11). The predicted molar refractivity (Wildman–Crippen MR) is 47.7 cm³/mol. The van der Waals surface area contributed by atoms with Crippen LogP contribution in [0.5, 0.6) is 0 Å². The molecule has 0 aliphatic heterocycles. The molecule has 0 fully saturated rings. The number of aliphatic hydroxyl groups excluding tert-OH is 1. The maximum atomic E-state index is 11.0. The van der Waals surface area contributed by atoms with Crippen LogP contribution < -0.4 is 5.32 Å². The van der Waals surface area contributed by atoms with Crippen LogP contribution in [0.4, 0.5) is 0 Å². The summed E-state index contributed by atoms with van der Waals surface area (Å²) in [4.78, 5) is 10.9. The molecule has 0 rings (SSSR count). The van der Waals surface area contributed by atoms with E-state index in [1.54, 1.807) is 6.92 Å². The van der Waals surface area contributed by atoms with Crippen molar-refractivity contribution in [2.24, 2.45) is 0 Å². The molecule has 0 saturated heterocycles. The van der Waals surface area contributed by atoms with Gasteiger partial charge >= 0.3 is 0 Å². The van der Waals surface area contributed by atoms with E-state index in [1.165, 1.54) is 0 Å². The van der Waals surface area contributed by atoms with Gasteiger partial charge in [0.05, 0.1) is 10.9 Å². The second-order valence-electron chi connectivity index (χ2n) is 2.47. The molecule has 2 atom stereocenters. The summed E-state index contributed by atoms with van der Waals surface area (Å²) in [5.41, 5.74) is 0. The molecule has 0 aromatic heterocycles. The monoisotopic (exact) mass is 223 g/mol. The summed E-state index contributed by atoms with van der Waals surface area (Å²) in [6.45, 7) is 3.87. The minimum Gasteiger partial charge on any atom is -0.392 e. The van der Waals surface area contributed by atoms with E-state index in [4.69, 9.17) is 5.11 Å². The number of nitrogens with one attached hydrogen (secondary N) is 1. The van der Waals surface area contributed by atoms with Crippen molar-refractivity contribution in [1.29, 1.82) is 0 Å². The number of rotatable bonds is 4. The van der Waals surface area contributed by atoms with Crippen LogP contribution >= 0.6 is 15.9 Å². The van der Waals surface area contributed by atoms with Crippen LogP contribution in [0.1, 0.15) is 20.3 Å². The fourth-order valence-corrected chi connectivity index (χ4v) is 0.706. The summed E-state index contributed by atoms with van der Waals surface area (Å²) < 4.78 is 0. The molecule has 0 bridgehead atoms. The van der Waals surface area contributed by atoms with Crippen LogP contribution in [-0.4, -0.2) is 28.5 Å². The molecule has 3 nitrogen and oxygen atoms in total. The number of hydrogen-bond donors (Lipinski definition) is 2. The van der Waals surface area contributed by atoms with Gasteiger partial charge in [-0.1, -0.05) is 22.9 Å². The van der Waals surface area contributed by atoms with Crippen molar-refractivity contribution in [2.75, 3.05) is 6.54 Å². The van der Waals surface area contributed by atoms with Gasteiger partial charge in [-0.25, -0.2) is 0 Å². The summed E-state index contributed by atoms with van der Waals surface area (Å²) in [5.74, 6) is -0.0617. The Kier molecular flexibility index (Phi) is 5.50. The molecule has 11 heavy (non-hydrogen) atoms. The molecule has 0 spiro atoms. The average Bonchev–Trinajstić information content (AvgIpc) is 1.98. The quantitative estimate of drug-likeness (QED) is 0.689. The molecule has 1 amide bonds. The number of hydrogen-bond acceptors (Lipinski definition) is 2. The van der Waals surface area contributed by atoms with Crippen LogP contribution in [0.3, 0.4) is 0 Å². The van der Waals surface area contributed by atoms with Crippen molar-refractivity contribution >= 4 is 21.8 Å². The SMILES string of the molecule is CCC(Br)C(=O)NCC(C)O. The zero-order valence-corrected chi connectivity index (χ0v) is 8.39. The van der Waals surface area contributed by atoms with Gasteiger partial charge in [0.2, 0.25) is 5.91 Å². The van der Waals surface area contributed by atoms with Gasteiger partial charge in [-0.3, -0.25) is 4.79 Å². The molecule has 2 N–H and O–H groups in total. The van der Waals surface area contributed by atoms with E-state index in [2.05, 4.69) is 21.2 Å². The molecular weight excluding hydrogens is 210 g/mol. The third kappa shape index (κ3) is 5.21. The Bertz CT molecular complexity index is 128. The zero-order chi connectivity index (χ0) is 8.85. The van der Waals surface area contributed by atoms with Gasteiger partial charge in [0.15, 0.2) is 0 Å². The number of alkyl halides is 1. The third-order valence-electron chi connectivity index (χ3n) is 1.21. The number of carbonyl (C=O) groups excluding carboxylic acids is 1. The number of amides is 1. The molecule has 4 heteroatoms. The smallest absolute Gasteiger partial charge is 0.233 e. The highest BCUT2D eigenvalue weighted by atomic mass is 79.9. The van der Waals surface area contributed by atoms with Crippen molar-refractivity contribution < 1.29 is 9.90 Å². The lowest BCUT2D eigenvalue weighted by Crippen LogP contribution is -2.35. The highest BCUT2D eigenvalue weighted by Gasteiger charge is 2.11. The molecule has 0 aliphatic rings. The van der Waals surface area contributed by atoms with Gasteiger partial charge in [0.25, 0.3) is 0 Å². The first-order valence-corrected chi connectivity index (χ1v) is 4.59. The summed E-state index contributed by atoms with van der Waals surface area (Å²) >= 11 is 3.20. The van der Waals surface area contributed by atoms with Crippen LogP contribution in [0.2, 0.25) is 0 Å². The lowest BCUT2D eigenvalue weighted by molar-refractivity contribution is -0.120. The van der Waals surface area contributed by atoms with Gasteiger partial charge in [0.1, 0.15) is 0 Å². The average molecular weight is 224 g/mol. The maximum absolute atomic E-state index is 11.0. The maximum Gasteiger partial charge on any atom is 0.233 e. The van der Waals surface area contributed by atoms with Crippen LogP contribution in [-0.2, 0) is 4.79 Å². The minimum atomic E-state index is -0.476. The van der Waals surface area contributed by atoms with Crippen LogP contribution in [0.15, 0.2) is 0 Å². The molecule has 0 heterocycles. The minimum absolute atomic E-state index is 0.0617. The summed E-state index contributed by atoms with van der Waals surface area (Å²) in [5, 5.41) is 11.4. The van der Waals surface area contributed by atoms with Crippen molar-refractivity contribution in [3.63, 3.8) is 0 Å². The van der Waals surface area contributed by atoms with Crippen molar-refractivity contribution in [3.05, 3.63) is 0 Å². The van der Waals surface area contributed by atoms with Gasteiger partial charge in [-0.15, -0.1) is 0 Å². The molecule has 0 saturated carbocycles. The molecule has 0 aromatic rings. The van der Waals surface area contributed by atoms with Gasteiger partial charge in [0, 0.05) is 6.54 Å². The van der Waals surface area contributed by atoms with E-state index >= 15 is 0 Å². The first-order valence-electron chi connectivity index (χ1n) is 3.67. The van der Waals surface area contributed by atoms with E-state index in [0.29, 0.717) is 6.54 Å². The lowest BCUT2D eigenvalue weighted by Gasteiger charge is -2.09.